The molecule has 3 N–H and O–H groups in total. The largest absolute Gasteiger partial charge is 0.328 e. The Kier molecular flexibility index (Phi) is 6.51. The first-order chi connectivity index (χ1) is 16.2. The number of aromatic nitrogens is 1. The molecule has 0 bridgehead atoms. The first kappa shape index (κ1) is 23.3. The third-order valence-electron chi connectivity index (χ3n) is 5.54. The number of halogens is 1. The molecule has 8 heteroatoms. The molecule has 0 aliphatic rings. The molecule has 4 aromatic rings. The number of aryl methyl sites for hydroxylation is 2. The number of carbonyl (C=O) groups excluding carboxylic acids is 3. The maximum Gasteiger partial charge on any atom is 0.328 e. The predicted molar refractivity (Wildman–Crippen MR) is 138 cm³/mol. The van der Waals surface area contributed by atoms with Crippen molar-refractivity contribution in [2.75, 3.05) is 16.1 Å². The normalized spacial score (nSPS) is 10.7. The maximum absolute atomic E-state index is 13.2. The number of hydrogen-bond donors (Lipinski definition) is 3. The highest BCUT2D eigenvalue weighted by Crippen LogP contribution is 2.25. The number of benzene rings is 3. The quantitative estimate of drug-likeness (QED) is 0.320. The second kappa shape index (κ2) is 9.52. The Morgan fingerprint density at radius 3 is 2.35 bits per heavy atom. The summed E-state index contributed by atoms with van der Waals surface area (Å²) >= 11 is 3.43. The number of carbonyl (C=O) groups is 3. The van der Waals surface area contributed by atoms with Gasteiger partial charge in [0.15, 0.2) is 0 Å². The minimum atomic E-state index is -0.900. The molecule has 3 amide bonds. The number of hydrogen-bond acceptors (Lipinski definition) is 3. The van der Waals surface area contributed by atoms with Gasteiger partial charge in [-0.3, -0.25) is 19.8 Å². The average molecular weight is 519 g/mol. The van der Waals surface area contributed by atoms with Gasteiger partial charge in [0.05, 0.1) is 5.52 Å². The zero-order valence-electron chi connectivity index (χ0n) is 18.9. The number of anilines is 2. The van der Waals surface area contributed by atoms with Crippen molar-refractivity contribution in [1.29, 1.82) is 0 Å². The zero-order chi connectivity index (χ0) is 24.4. The van der Waals surface area contributed by atoms with E-state index in [0.29, 0.717) is 16.9 Å². The molecule has 0 spiro atoms. The van der Waals surface area contributed by atoms with E-state index in [1.165, 1.54) is 4.68 Å². The van der Waals surface area contributed by atoms with Gasteiger partial charge >= 0.3 is 11.8 Å². The van der Waals surface area contributed by atoms with E-state index in [0.717, 1.165) is 26.5 Å². The molecule has 1 heterocycles. The highest BCUT2D eigenvalue weighted by molar-refractivity contribution is 9.10. The van der Waals surface area contributed by atoms with Gasteiger partial charge in [-0.05, 0) is 79.9 Å². The summed E-state index contributed by atoms with van der Waals surface area (Å²) in [5.41, 5.74) is 7.45. The lowest BCUT2D eigenvalue weighted by Crippen LogP contribution is -2.36. The summed E-state index contributed by atoms with van der Waals surface area (Å²) < 4.78 is 2.16. The van der Waals surface area contributed by atoms with Gasteiger partial charge in [0, 0.05) is 21.2 Å². The summed E-state index contributed by atoms with van der Waals surface area (Å²) in [5, 5.41) is 6.21. The summed E-state index contributed by atoms with van der Waals surface area (Å²) in [7, 11) is 0. The molecule has 1 aromatic heterocycles. The number of nitrogens with one attached hydrogen (secondary N) is 3. The van der Waals surface area contributed by atoms with Crippen molar-refractivity contribution in [3.05, 3.63) is 93.6 Å². The van der Waals surface area contributed by atoms with Gasteiger partial charge in [0.1, 0.15) is 5.69 Å². The van der Waals surface area contributed by atoms with Gasteiger partial charge in [0.2, 0.25) is 0 Å². The lowest BCUT2D eigenvalue weighted by atomic mass is 10.1. The van der Waals surface area contributed by atoms with Crippen molar-refractivity contribution < 1.29 is 14.4 Å². The van der Waals surface area contributed by atoms with Gasteiger partial charge in [-0.15, -0.1) is 0 Å². The van der Waals surface area contributed by atoms with Crippen LogP contribution in [0.4, 0.5) is 11.4 Å². The third-order valence-corrected chi connectivity index (χ3v) is 6.04. The molecule has 0 radical (unpaired) electrons. The lowest BCUT2D eigenvalue weighted by Gasteiger charge is -2.14. The average Bonchev–Trinajstić information content (AvgIpc) is 3.14. The molecule has 172 valence electrons. The monoisotopic (exact) mass is 518 g/mol. The number of amides is 3. The molecule has 3 aromatic carbocycles. The fourth-order valence-corrected chi connectivity index (χ4v) is 3.99. The van der Waals surface area contributed by atoms with E-state index < -0.39 is 17.7 Å². The summed E-state index contributed by atoms with van der Waals surface area (Å²) in [6.45, 7) is 5.78. The minimum absolute atomic E-state index is 0.186. The van der Waals surface area contributed by atoms with Crippen molar-refractivity contribution in [3.8, 4) is 0 Å². The van der Waals surface area contributed by atoms with E-state index in [9.17, 15) is 14.4 Å². The van der Waals surface area contributed by atoms with Crippen LogP contribution in [0.15, 0.2) is 71.2 Å². The van der Waals surface area contributed by atoms with Crippen LogP contribution in [0.1, 0.15) is 27.2 Å². The van der Waals surface area contributed by atoms with Crippen molar-refractivity contribution in [1.82, 2.24) is 4.68 Å². The van der Waals surface area contributed by atoms with E-state index in [1.54, 1.807) is 36.4 Å². The van der Waals surface area contributed by atoms with Crippen LogP contribution in [-0.2, 0) is 9.59 Å². The van der Waals surface area contributed by atoms with Gasteiger partial charge in [-0.1, -0.05) is 40.2 Å². The predicted octanol–water partition coefficient (Wildman–Crippen LogP) is 5.29. The summed E-state index contributed by atoms with van der Waals surface area (Å²) in [6.07, 6.45) is 0. The Morgan fingerprint density at radius 1 is 0.824 bits per heavy atom. The Balaban J connectivity index is 1.65. The maximum atomic E-state index is 13.2. The van der Waals surface area contributed by atoms with Gasteiger partial charge in [-0.25, -0.2) is 4.68 Å². The first-order valence-corrected chi connectivity index (χ1v) is 11.4. The second-order valence-electron chi connectivity index (χ2n) is 8.03. The molecule has 0 fully saturated rings. The molecule has 4 rings (SSSR count). The Labute approximate surface area is 205 Å². The molecular formula is C26H23BrN4O3. The summed E-state index contributed by atoms with van der Waals surface area (Å²) in [5.74, 6) is -2.16. The van der Waals surface area contributed by atoms with Crippen LogP contribution in [0.5, 0.6) is 0 Å². The number of nitrogens with zero attached hydrogens (tertiary/aromatic N) is 1. The molecule has 0 atom stereocenters. The Morgan fingerprint density at radius 2 is 1.59 bits per heavy atom. The fraction of sp³-hybridized carbons (Fsp3) is 0.115. The van der Waals surface area contributed by atoms with E-state index in [2.05, 4.69) is 32.0 Å². The third kappa shape index (κ3) is 4.87. The van der Waals surface area contributed by atoms with Crippen LogP contribution in [0.2, 0.25) is 0 Å². The summed E-state index contributed by atoms with van der Waals surface area (Å²) in [4.78, 5) is 38.5. The highest BCUT2D eigenvalue weighted by Gasteiger charge is 2.21. The first-order valence-electron chi connectivity index (χ1n) is 10.6. The van der Waals surface area contributed by atoms with Crippen LogP contribution in [0.3, 0.4) is 0 Å². The number of rotatable bonds is 4. The smallest absolute Gasteiger partial charge is 0.320 e. The van der Waals surface area contributed by atoms with Crippen LogP contribution >= 0.6 is 15.9 Å². The minimum Gasteiger partial charge on any atom is -0.320 e. The molecule has 0 saturated heterocycles. The van der Waals surface area contributed by atoms with Crippen molar-refractivity contribution in [3.63, 3.8) is 0 Å². The Bertz CT molecular complexity index is 1440. The SMILES string of the molecule is Cc1cccc(NC(=O)C(=O)Nn2c(C(=O)Nc3cccc(C)c3C)cc3cc(Br)ccc32)c1. The molecule has 34 heavy (non-hydrogen) atoms. The molecule has 0 unspecified atom stereocenters. The standard InChI is InChI=1S/C26H23BrN4O3/c1-15-6-4-8-20(12-15)28-25(33)26(34)30-31-22-11-10-19(27)13-18(22)14-23(31)24(32)29-21-9-5-7-16(2)17(21)3/h4-14H,1-3H3,(H,28,33)(H,29,32)(H,30,34). The Hall–Kier alpha value is -3.91. The molecule has 0 saturated carbocycles. The van der Waals surface area contributed by atoms with Gasteiger partial charge in [-0.2, -0.15) is 0 Å². The van der Waals surface area contributed by atoms with Gasteiger partial charge < -0.3 is 10.6 Å². The van der Waals surface area contributed by atoms with E-state index >= 15 is 0 Å². The molecular weight excluding hydrogens is 496 g/mol. The topological polar surface area (TPSA) is 92.2 Å². The van der Waals surface area contributed by atoms with Crippen LogP contribution in [0, 0.1) is 20.8 Å². The van der Waals surface area contributed by atoms with Crippen LogP contribution in [0.25, 0.3) is 10.9 Å². The van der Waals surface area contributed by atoms with Crippen molar-refractivity contribution >= 4 is 55.9 Å². The number of fused-ring (bicyclic) bond motifs is 1. The van der Waals surface area contributed by atoms with Crippen LogP contribution in [-0.4, -0.2) is 22.4 Å². The molecule has 0 aliphatic carbocycles. The summed E-state index contributed by atoms with van der Waals surface area (Å²) in [6, 6.07) is 19.8. The molecule has 7 nitrogen and oxygen atoms in total. The molecule has 0 aliphatic heterocycles. The van der Waals surface area contributed by atoms with Gasteiger partial charge in [0.25, 0.3) is 5.91 Å². The lowest BCUT2D eigenvalue weighted by molar-refractivity contribution is -0.133. The van der Waals surface area contributed by atoms with Crippen LogP contribution < -0.4 is 16.1 Å². The second-order valence-corrected chi connectivity index (χ2v) is 8.95. The van der Waals surface area contributed by atoms with E-state index in [1.807, 2.05) is 51.1 Å². The van der Waals surface area contributed by atoms with E-state index in [4.69, 9.17) is 0 Å². The van der Waals surface area contributed by atoms with Crippen molar-refractivity contribution in [2.24, 2.45) is 0 Å². The fourth-order valence-electron chi connectivity index (χ4n) is 3.61. The van der Waals surface area contributed by atoms with E-state index in [-0.39, 0.29) is 5.69 Å². The zero-order valence-corrected chi connectivity index (χ0v) is 20.5. The van der Waals surface area contributed by atoms with Crippen molar-refractivity contribution in [2.45, 2.75) is 20.8 Å². The highest BCUT2D eigenvalue weighted by atomic mass is 79.9.